The molecule has 0 radical (unpaired) electrons. The summed E-state index contributed by atoms with van der Waals surface area (Å²) in [7, 11) is 0. The third kappa shape index (κ3) is 7.46. The van der Waals surface area contributed by atoms with Crippen LogP contribution in [0.2, 0.25) is 0 Å². The summed E-state index contributed by atoms with van der Waals surface area (Å²) in [6, 6.07) is 8.30. The molecule has 6 heteroatoms. The minimum absolute atomic E-state index is 0.240. The van der Waals surface area contributed by atoms with Gasteiger partial charge in [-0.3, -0.25) is 4.99 Å². The summed E-state index contributed by atoms with van der Waals surface area (Å²) >= 11 is 1.96. The van der Waals surface area contributed by atoms with Gasteiger partial charge in [0.25, 0.3) is 0 Å². The minimum atomic E-state index is -0.628. The molecule has 1 saturated carbocycles. The molecular formula is C20H33N3O2S. The molecule has 0 heterocycles. The molecule has 0 spiro atoms. The second-order valence-corrected chi connectivity index (χ2v) is 8.00. The van der Waals surface area contributed by atoms with Crippen LogP contribution < -0.4 is 15.4 Å². The Labute approximate surface area is 162 Å². The number of aryl methyl sites for hydroxylation is 1. The fraction of sp³-hybridized carbons (Fsp3) is 0.650. The van der Waals surface area contributed by atoms with E-state index in [0.29, 0.717) is 12.6 Å². The molecule has 0 aliphatic heterocycles. The summed E-state index contributed by atoms with van der Waals surface area (Å²) in [6.45, 7) is 5.44. The Bertz CT molecular complexity index is 568. The lowest BCUT2D eigenvalue weighted by Gasteiger charge is -2.30. The van der Waals surface area contributed by atoms with Gasteiger partial charge in [0.1, 0.15) is 18.5 Å². The van der Waals surface area contributed by atoms with E-state index in [-0.39, 0.29) is 6.61 Å². The second kappa shape index (κ2) is 11.3. The van der Waals surface area contributed by atoms with Gasteiger partial charge in [0, 0.05) is 17.8 Å². The van der Waals surface area contributed by atoms with E-state index in [0.717, 1.165) is 29.1 Å². The summed E-state index contributed by atoms with van der Waals surface area (Å²) in [5, 5.41) is 17.7. The highest BCUT2D eigenvalue weighted by molar-refractivity contribution is 7.99. The van der Waals surface area contributed by atoms with Crippen molar-refractivity contribution in [2.24, 2.45) is 4.99 Å². The molecule has 26 heavy (non-hydrogen) atoms. The van der Waals surface area contributed by atoms with E-state index in [4.69, 9.17) is 4.74 Å². The number of guanidine groups is 1. The zero-order chi connectivity index (χ0) is 18.8. The molecule has 1 aliphatic carbocycles. The molecule has 5 nitrogen and oxygen atoms in total. The lowest BCUT2D eigenvalue weighted by molar-refractivity contribution is 0.114. The Kier molecular flexibility index (Phi) is 9.12. The van der Waals surface area contributed by atoms with E-state index < -0.39 is 6.10 Å². The fourth-order valence-electron chi connectivity index (χ4n) is 3.15. The number of hydrogen-bond acceptors (Lipinski definition) is 4. The Morgan fingerprint density at radius 3 is 3.00 bits per heavy atom. The number of nitrogens with one attached hydrogen (secondary N) is 2. The summed E-state index contributed by atoms with van der Waals surface area (Å²) < 4.78 is 5.66. The van der Waals surface area contributed by atoms with E-state index in [2.05, 4.69) is 28.8 Å². The van der Waals surface area contributed by atoms with Crippen LogP contribution in [-0.2, 0) is 0 Å². The summed E-state index contributed by atoms with van der Waals surface area (Å²) in [5.74, 6) is 1.57. The predicted octanol–water partition coefficient (Wildman–Crippen LogP) is 2.96. The molecule has 3 atom stereocenters. The van der Waals surface area contributed by atoms with E-state index in [9.17, 15) is 5.11 Å². The van der Waals surface area contributed by atoms with Crippen molar-refractivity contribution in [2.75, 3.05) is 26.0 Å². The first-order chi connectivity index (χ1) is 12.6. The van der Waals surface area contributed by atoms with Crippen molar-refractivity contribution >= 4 is 17.7 Å². The molecule has 0 aromatic heterocycles. The monoisotopic (exact) mass is 379 g/mol. The van der Waals surface area contributed by atoms with Gasteiger partial charge in [-0.15, -0.1) is 0 Å². The fourth-order valence-corrected chi connectivity index (χ4v) is 3.98. The second-order valence-electron chi connectivity index (χ2n) is 6.87. The molecule has 3 unspecified atom stereocenters. The van der Waals surface area contributed by atoms with Crippen LogP contribution in [0.25, 0.3) is 0 Å². The standard InChI is InChI=1S/C20H33N3O2S/c1-4-21-20(23-16-8-6-10-19(12-16)26-3)22-13-17(24)14-25-18-9-5-7-15(2)11-18/h5,7,9,11,16-17,19,24H,4,6,8,10,12-14H2,1-3H3,(H2,21,22,23). The van der Waals surface area contributed by atoms with Crippen LogP contribution in [0.5, 0.6) is 5.75 Å². The highest BCUT2D eigenvalue weighted by Gasteiger charge is 2.22. The number of nitrogens with zero attached hydrogens (tertiary/aromatic N) is 1. The van der Waals surface area contributed by atoms with Crippen LogP contribution >= 0.6 is 11.8 Å². The highest BCUT2D eigenvalue weighted by Crippen LogP contribution is 2.26. The van der Waals surface area contributed by atoms with Gasteiger partial charge in [-0.05, 0) is 57.1 Å². The van der Waals surface area contributed by atoms with E-state index in [1.165, 1.54) is 25.7 Å². The van der Waals surface area contributed by atoms with Gasteiger partial charge in [0.05, 0.1) is 6.54 Å². The first-order valence-electron chi connectivity index (χ1n) is 9.55. The van der Waals surface area contributed by atoms with Crippen LogP contribution in [0.4, 0.5) is 0 Å². The van der Waals surface area contributed by atoms with Crippen molar-refractivity contribution in [3.05, 3.63) is 29.8 Å². The van der Waals surface area contributed by atoms with Crippen molar-refractivity contribution in [3.63, 3.8) is 0 Å². The SMILES string of the molecule is CCNC(=NCC(O)COc1cccc(C)c1)NC1CCCC(SC)C1. The molecule has 1 aromatic carbocycles. The summed E-state index contributed by atoms with van der Waals surface area (Å²) in [5.41, 5.74) is 1.14. The molecule has 3 N–H and O–H groups in total. The molecular weight excluding hydrogens is 346 g/mol. The third-order valence-electron chi connectivity index (χ3n) is 4.54. The number of aliphatic hydroxyl groups excluding tert-OH is 1. The van der Waals surface area contributed by atoms with Crippen LogP contribution in [-0.4, -0.2) is 54.4 Å². The molecule has 1 fully saturated rings. The lowest BCUT2D eigenvalue weighted by atomic mass is 9.95. The van der Waals surface area contributed by atoms with E-state index in [1.54, 1.807) is 0 Å². The Morgan fingerprint density at radius 1 is 1.42 bits per heavy atom. The number of ether oxygens (including phenoxy) is 1. The molecule has 146 valence electrons. The normalized spacial score (nSPS) is 21.9. The Hall–Kier alpha value is -1.40. The smallest absolute Gasteiger partial charge is 0.191 e. The van der Waals surface area contributed by atoms with Crippen molar-refractivity contribution < 1.29 is 9.84 Å². The quantitative estimate of drug-likeness (QED) is 0.479. The maximum atomic E-state index is 10.2. The van der Waals surface area contributed by atoms with Gasteiger partial charge < -0.3 is 20.5 Å². The summed E-state index contributed by atoms with van der Waals surface area (Å²) in [6.07, 6.45) is 6.48. The summed E-state index contributed by atoms with van der Waals surface area (Å²) in [4.78, 5) is 4.55. The molecule has 2 rings (SSSR count). The molecule has 0 saturated heterocycles. The number of benzene rings is 1. The van der Waals surface area contributed by atoms with Crippen LogP contribution in [0, 0.1) is 6.92 Å². The zero-order valence-corrected chi connectivity index (χ0v) is 17.0. The van der Waals surface area contributed by atoms with Gasteiger partial charge >= 0.3 is 0 Å². The molecule has 1 aliphatic rings. The first-order valence-corrected chi connectivity index (χ1v) is 10.8. The minimum Gasteiger partial charge on any atom is -0.491 e. The zero-order valence-electron chi connectivity index (χ0n) is 16.2. The number of aliphatic hydroxyl groups is 1. The predicted molar refractivity (Wildman–Crippen MR) is 111 cm³/mol. The van der Waals surface area contributed by atoms with Crippen molar-refractivity contribution in [2.45, 2.75) is 56.9 Å². The molecule has 0 bridgehead atoms. The van der Waals surface area contributed by atoms with Gasteiger partial charge in [0.15, 0.2) is 5.96 Å². The van der Waals surface area contributed by atoms with E-state index >= 15 is 0 Å². The number of hydrogen-bond donors (Lipinski definition) is 3. The highest BCUT2D eigenvalue weighted by atomic mass is 32.2. The largest absolute Gasteiger partial charge is 0.491 e. The average Bonchev–Trinajstić information content (AvgIpc) is 2.65. The van der Waals surface area contributed by atoms with Crippen LogP contribution in [0.15, 0.2) is 29.3 Å². The van der Waals surface area contributed by atoms with Crippen LogP contribution in [0.1, 0.15) is 38.2 Å². The van der Waals surface area contributed by atoms with Gasteiger partial charge in [0.2, 0.25) is 0 Å². The first kappa shape index (κ1) is 20.9. The van der Waals surface area contributed by atoms with Crippen LogP contribution in [0.3, 0.4) is 0 Å². The topological polar surface area (TPSA) is 65.9 Å². The third-order valence-corrected chi connectivity index (χ3v) is 5.63. The Morgan fingerprint density at radius 2 is 2.27 bits per heavy atom. The molecule has 0 amide bonds. The maximum Gasteiger partial charge on any atom is 0.191 e. The van der Waals surface area contributed by atoms with Crippen molar-refractivity contribution in [1.82, 2.24) is 10.6 Å². The van der Waals surface area contributed by atoms with Gasteiger partial charge in [-0.1, -0.05) is 18.6 Å². The lowest BCUT2D eigenvalue weighted by Crippen LogP contribution is -2.46. The maximum absolute atomic E-state index is 10.2. The van der Waals surface area contributed by atoms with E-state index in [1.807, 2.05) is 43.0 Å². The van der Waals surface area contributed by atoms with Gasteiger partial charge in [-0.2, -0.15) is 11.8 Å². The average molecular weight is 380 g/mol. The van der Waals surface area contributed by atoms with Crippen molar-refractivity contribution in [1.29, 1.82) is 0 Å². The number of thioether (sulfide) groups is 1. The number of aliphatic imine (C=N–C) groups is 1. The number of rotatable bonds is 8. The van der Waals surface area contributed by atoms with Crippen molar-refractivity contribution in [3.8, 4) is 5.75 Å². The van der Waals surface area contributed by atoms with Gasteiger partial charge in [-0.25, -0.2) is 0 Å². The molecule has 1 aromatic rings. The Balaban J connectivity index is 1.81.